The minimum Gasteiger partial charge on any atom is -0.299 e. The number of hydrogen-bond donors (Lipinski definition) is 0. The molecule has 0 unspecified atom stereocenters. The van der Waals surface area contributed by atoms with Gasteiger partial charge in [0.1, 0.15) is 17.5 Å². The van der Waals surface area contributed by atoms with E-state index in [0.717, 1.165) is 22.3 Å². The predicted molar refractivity (Wildman–Crippen MR) is 110 cm³/mol. The van der Waals surface area contributed by atoms with Crippen molar-refractivity contribution in [1.82, 2.24) is 0 Å². The molecule has 1 aromatic carbocycles. The molecule has 0 radical (unpaired) electrons. The molecule has 0 aliphatic heterocycles. The van der Waals surface area contributed by atoms with Gasteiger partial charge in [0.15, 0.2) is 5.78 Å². The molecule has 0 saturated heterocycles. The summed E-state index contributed by atoms with van der Waals surface area (Å²) in [5, 5.41) is 0. The van der Waals surface area contributed by atoms with E-state index in [4.69, 9.17) is 0 Å². The van der Waals surface area contributed by atoms with E-state index in [1.807, 2.05) is 26.0 Å². The fourth-order valence-corrected chi connectivity index (χ4v) is 5.38. The number of aryl methyl sites for hydroxylation is 2. The van der Waals surface area contributed by atoms with Gasteiger partial charge in [-0.25, -0.2) is 8.78 Å². The zero-order valence-electron chi connectivity index (χ0n) is 17.8. The number of benzene rings is 1. The van der Waals surface area contributed by atoms with Crippen molar-refractivity contribution in [2.75, 3.05) is 0 Å². The molecule has 0 amide bonds. The van der Waals surface area contributed by atoms with E-state index >= 15 is 0 Å². The van der Waals surface area contributed by atoms with Crippen LogP contribution in [-0.4, -0.2) is 23.8 Å². The number of ketones is 3. The minimum atomic E-state index is -2.92. The summed E-state index contributed by atoms with van der Waals surface area (Å²) < 4.78 is 25.1. The van der Waals surface area contributed by atoms with E-state index in [-0.39, 0.29) is 29.3 Å². The van der Waals surface area contributed by atoms with Crippen LogP contribution in [0.4, 0.5) is 8.78 Å². The first-order valence-electron chi connectivity index (χ1n) is 10.6. The second-order valence-corrected chi connectivity index (χ2v) is 9.03. The van der Waals surface area contributed by atoms with Crippen molar-refractivity contribution in [2.45, 2.75) is 78.1 Å². The number of rotatable bonds is 4. The van der Waals surface area contributed by atoms with Gasteiger partial charge < -0.3 is 0 Å². The summed E-state index contributed by atoms with van der Waals surface area (Å²) in [6, 6.07) is 3.85. The van der Waals surface area contributed by atoms with E-state index in [0.29, 0.717) is 38.5 Å². The van der Waals surface area contributed by atoms with E-state index in [1.165, 1.54) is 0 Å². The van der Waals surface area contributed by atoms with Gasteiger partial charge in [0.05, 0.1) is 0 Å². The summed E-state index contributed by atoms with van der Waals surface area (Å²) in [6.45, 7) is 5.60. The lowest BCUT2D eigenvalue weighted by molar-refractivity contribution is -0.139. The monoisotopic (exact) mass is 414 g/mol. The van der Waals surface area contributed by atoms with E-state index in [1.54, 1.807) is 6.92 Å². The maximum atomic E-state index is 13.1. The molecule has 1 aromatic rings. The summed E-state index contributed by atoms with van der Waals surface area (Å²) in [6.07, 6.45) is 0.175. The zero-order chi connectivity index (χ0) is 22.1. The Balaban J connectivity index is 1.74. The normalized spacial score (nSPS) is 26.6. The summed E-state index contributed by atoms with van der Waals surface area (Å²) in [4.78, 5) is 37.6. The number of halogens is 2. The highest BCUT2D eigenvalue weighted by molar-refractivity contribution is 6.10. The molecule has 30 heavy (non-hydrogen) atoms. The lowest BCUT2D eigenvalue weighted by Gasteiger charge is -2.43. The van der Waals surface area contributed by atoms with Crippen LogP contribution in [0, 0.1) is 37.0 Å². The van der Waals surface area contributed by atoms with Gasteiger partial charge in [-0.05, 0) is 86.6 Å². The molecule has 0 atom stereocenters. The van der Waals surface area contributed by atoms with Crippen molar-refractivity contribution >= 4 is 17.3 Å². The second-order valence-electron chi connectivity index (χ2n) is 9.03. The largest absolute Gasteiger partial charge is 0.299 e. The van der Waals surface area contributed by atoms with Crippen LogP contribution in [-0.2, 0) is 14.4 Å². The number of Topliss-reactive ketones (excluding diaryl/α,β-unsaturated/α-hetero) is 3. The van der Waals surface area contributed by atoms with Crippen LogP contribution >= 0.6 is 0 Å². The molecule has 5 heteroatoms. The molecule has 0 heterocycles. The Labute approximate surface area is 176 Å². The van der Waals surface area contributed by atoms with Crippen molar-refractivity contribution in [2.24, 2.45) is 11.3 Å². The maximum absolute atomic E-state index is 13.1. The smallest absolute Gasteiger partial charge is 0.295 e. The Bertz CT molecular complexity index is 884. The highest BCUT2D eigenvalue weighted by Crippen LogP contribution is 2.50. The van der Waals surface area contributed by atoms with Crippen LogP contribution in [0.5, 0.6) is 0 Å². The molecule has 1 spiro atoms. The molecule has 0 N–H and O–H groups in total. The second kappa shape index (κ2) is 8.79. The summed E-state index contributed by atoms with van der Waals surface area (Å²) in [5.74, 6) is 3.99. The molecular formula is C25H28F2O3. The molecule has 0 bridgehead atoms. The average molecular weight is 414 g/mol. The third kappa shape index (κ3) is 4.53. The van der Waals surface area contributed by atoms with E-state index in [9.17, 15) is 23.2 Å². The summed E-state index contributed by atoms with van der Waals surface area (Å²) in [7, 11) is 0. The van der Waals surface area contributed by atoms with Gasteiger partial charge in [0, 0.05) is 24.8 Å². The van der Waals surface area contributed by atoms with Crippen LogP contribution < -0.4 is 0 Å². The van der Waals surface area contributed by atoms with Crippen molar-refractivity contribution < 1.29 is 23.2 Å². The van der Waals surface area contributed by atoms with Crippen LogP contribution in [0.15, 0.2) is 12.1 Å². The number of alkyl halides is 2. The molecule has 3 rings (SSSR count). The fraction of sp³-hybridized carbons (Fsp3) is 0.560. The molecule has 160 valence electrons. The van der Waals surface area contributed by atoms with Gasteiger partial charge in [-0.3, -0.25) is 14.4 Å². The number of hydrogen-bond acceptors (Lipinski definition) is 3. The first-order valence-corrected chi connectivity index (χ1v) is 10.6. The van der Waals surface area contributed by atoms with Crippen LogP contribution in [0.1, 0.15) is 80.0 Å². The number of carbonyl (C=O) groups is 3. The Morgan fingerprint density at radius 3 is 2.10 bits per heavy atom. The highest BCUT2D eigenvalue weighted by atomic mass is 19.3. The Hall–Kier alpha value is -2.35. The fourth-order valence-electron chi connectivity index (χ4n) is 5.38. The van der Waals surface area contributed by atoms with Crippen LogP contribution in [0.2, 0.25) is 0 Å². The molecule has 3 nitrogen and oxygen atoms in total. The Morgan fingerprint density at radius 1 is 1.10 bits per heavy atom. The third-order valence-corrected chi connectivity index (χ3v) is 6.79. The first-order chi connectivity index (χ1) is 14.2. The molecule has 2 aliphatic carbocycles. The average Bonchev–Trinajstić information content (AvgIpc) is 2.65. The van der Waals surface area contributed by atoms with E-state index in [2.05, 4.69) is 11.8 Å². The quantitative estimate of drug-likeness (QED) is 0.509. The Morgan fingerprint density at radius 2 is 1.63 bits per heavy atom. The molecular weight excluding hydrogens is 386 g/mol. The van der Waals surface area contributed by atoms with Gasteiger partial charge in [-0.2, -0.15) is 0 Å². The van der Waals surface area contributed by atoms with Crippen molar-refractivity contribution in [1.29, 1.82) is 0 Å². The molecule has 2 saturated carbocycles. The summed E-state index contributed by atoms with van der Waals surface area (Å²) in [5.41, 5.74) is 3.12. The Kier molecular flexibility index (Phi) is 6.55. The van der Waals surface area contributed by atoms with Crippen LogP contribution in [0.3, 0.4) is 0 Å². The lowest BCUT2D eigenvalue weighted by Crippen LogP contribution is -2.42. The van der Waals surface area contributed by atoms with Gasteiger partial charge in [0.25, 0.3) is 6.43 Å². The summed E-state index contributed by atoms with van der Waals surface area (Å²) >= 11 is 0. The van der Waals surface area contributed by atoms with Crippen molar-refractivity contribution in [3.8, 4) is 11.8 Å². The van der Waals surface area contributed by atoms with Gasteiger partial charge in [-0.15, -0.1) is 5.92 Å². The molecule has 2 aliphatic rings. The first kappa shape index (κ1) is 22.3. The SMILES string of the molecule is CC#Cc1cc(C)c(C2C(=O)CC3(CCC(CC(=O)C(F)F)CC3)CC2=O)c(C)c1. The van der Waals surface area contributed by atoms with Crippen molar-refractivity contribution in [3.63, 3.8) is 0 Å². The highest BCUT2D eigenvalue weighted by Gasteiger charge is 2.47. The molecule has 2 fully saturated rings. The van der Waals surface area contributed by atoms with E-state index < -0.39 is 18.1 Å². The van der Waals surface area contributed by atoms with Gasteiger partial charge >= 0.3 is 0 Å². The standard InChI is InChI=1S/C25H28F2O3/c1-4-5-18-10-15(2)22(16(3)11-18)23-20(29)13-25(14-21(23)30)8-6-17(7-9-25)12-19(28)24(26)27/h10-11,17,23-24H,6-9,12-14H2,1-3H3. The third-order valence-electron chi connectivity index (χ3n) is 6.79. The topological polar surface area (TPSA) is 51.2 Å². The van der Waals surface area contributed by atoms with Gasteiger partial charge in [-0.1, -0.05) is 5.92 Å². The minimum absolute atomic E-state index is 0.0473. The lowest BCUT2D eigenvalue weighted by atomic mass is 9.59. The number of carbonyl (C=O) groups excluding carboxylic acids is 3. The van der Waals surface area contributed by atoms with Crippen LogP contribution in [0.25, 0.3) is 0 Å². The zero-order valence-corrected chi connectivity index (χ0v) is 17.8. The molecule has 0 aromatic heterocycles. The van der Waals surface area contributed by atoms with Crippen molar-refractivity contribution in [3.05, 3.63) is 34.4 Å². The van der Waals surface area contributed by atoms with Gasteiger partial charge in [0.2, 0.25) is 0 Å². The maximum Gasteiger partial charge on any atom is 0.295 e. The predicted octanol–water partition coefficient (Wildman–Crippen LogP) is 5.09.